The Balaban J connectivity index is 2.42. The van der Waals surface area contributed by atoms with E-state index in [1.807, 2.05) is 0 Å². The fourth-order valence-corrected chi connectivity index (χ4v) is 1.80. The van der Waals surface area contributed by atoms with Crippen LogP contribution in [0.4, 0.5) is 5.69 Å². The van der Waals surface area contributed by atoms with Gasteiger partial charge in [-0.1, -0.05) is 11.6 Å². The second kappa shape index (κ2) is 5.16. The fraction of sp³-hybridized carbons (Fsp3) is 0.0769. The predicted octanol–water partition coefficient (Wildman–Crippen LogP) is 3.26. The molecule has 6 heteroatoms. The molecule has 0 aliphatic carbocycles. The lowest BCUT2D eigenvalue weighted by Crippen LogP contribution is -2.05. The minimum atomic E-state index is -1.15. The van der Waals surface area contributed by atoms with E-state index in [4.69, 9.17) is 21.1 Å². The van der Waals surface area contributed by atoms with Crippen LogP contribution in [-0.2, 0) is 4.79 Å². The molecule has 2 rings (SSSR count). The van der Waals surface area contributed by atoms with Crippen molar-refractivity contribution in [2.75, 3.05) is 5.32 Å². The Labute approximate surface area is 113 Å². The van der Waals surface area contributed by atoms with Crippen molar-refractivity contribution >= 4 is 29.2 Å². The molecule has 19 heavy (non-hydrogen) atoms. The number of amides is 1. The van der Waals surface area contributed by atoms with Crippen LogP contribution >= 0.6 is 11.6 Å². The smallest absolute Gasteiger partial charge is 0.371 e. The first-order valence-corrected chi connectivity index (χ1v) is 5.76. The molecular formula is C13H10ClNO4. The van der Waals surface area contributed by atoms with E-state index in [1.54, 1.807) is 18.2 Å². The van der Waals surface area contributed by atoms with Gasteiger partial charge in [0.2, 0.25) is 11.7 Å². The zero-order chi connectivity index (χ0) is 14.0. The van der Waals surface area contributed by atoms with E-state index in [2.05, 4.69) is 5.32 Å². The number of carboxylic acid groups (broad SMARTS) is 1. The van der Waals surface area contributed by atoms with E-state index in [0.29, 0.717) is 22.0 Å². The SMILES string of the molecule is CC(=O)Nc1ccc(Cl)c(-c2ccc(C(=O)O)o2)c1. The monoisotopic (exact) mass is 279 g/mol. The Morgan fingerprint density at radius 2 is 2.00 bits per heavy atom. The van der Waals surface area contributed by atoms with Gasteiger partial charge in [-0.3, -0.25) is 4.79 Å². The molecule has 2 N–H and O–H groups in total. The van der Waals surface area contributed by atoms with Crippen molar-refractivity contribution in [3.05, 3.63) is 41.1 Å². The number of carboxylic acids is 1. The number of benzene rings is 1. The number of anilines is 1. The Morgan fingerprint density at radius 1 is 1.26 bits per heavy atom. The van der Waals surface area contributed by atoms with Gasteiger partial charge in [0.05, 0.1) is 5.02 Å². The normalized spacial score (nSPS) is 10.2. The maximum absolute atomic E-state index is 11.0. The summed E-state index contributed by atoms with van der Waals surface area (Å²) in [6.07, 6.45) is 0. The molecule has 5 nitrogen and oxygen atoms in total. The molecule has 0 bridgehead atoms. The maximum Gasteiger partial charge on any atom is 0.371 e. The van der Waals surface area contributed by atoms with Crippen molar-refractivity contribution in [3.63, 3.8) is 0 Å². The summed E-state index contributed by atoms with van der Waals surface area (Å²) in [5.41, 5.74) is 1.07. The van der Waals surface area contributed by atoms with Gasteiger partial charge in [0, 0.05) is 18.2 Å². The van der Waals surface area contributed by atoms with Crippen molar-refractivity contribution in [3.8, 4) is 11.3 Å². The van der Waals surface area contributed by atoms with Crippen LogP contribution in [0, 0.1) is 0 Å². The molecule has 1 heterocycles. The van der Waals surface area contributed by atoms with Gasteiger partial charge in [-0.05, 0) is 30.3 Å². The molecule has 0 saturated carbocycles. The van der Waals surface area contributed by atoms with Crippen LogP contribution in [0.2, 0.25) is 5.02 Å². The third-order valence-electron chi connectivity index (χ3n) is 2.37. The van der Waals surface area contributed by atoms with E-state index in [0.717, 1.165) is 0 Å². The van der Waals surface area contributed by atoms with E-state index in [1.165, 1.54) is 19.1 Å². The van der Waals surface area contributed by atoms with E-state index < -0.39 is 5.97 Å². The molecule has 1 aromatic carbocycles. The number of aromatic carboxylic acids is 1. The number of halogens is 1. The Morgan fingerprint density at radius 3 is 2.58 bits per heavy atom. The number of furan rings is 1. The highest BCUT2D eigenvalue weighted by molar-refractivity contribution is 6.33. The number of carbonyl (C=O) groups excluding carboxylic acids is 1. The standard InChI is InChI=1S/C13H10ClNO4/c1-7(16)15-8-2-3-10(14)9(6-8)11-4-5-12(19-11)13(17)18/h2-6H,1H3,(H,15,16)(H,17,18). The van der Waals surface area contributed by atoms with Crippen LogP contribution in [0.3, 0.4) is 0 Å². The second-order valence-electron chi connectivity index (χ2n) is 3.84. The third kappa shape index (κ3) is 2.95. The fourth-order valence-electron chi connectivity index (χ4n) is 1.59. The van der Waals surface area contributed by atoms with Crippen LogP contribution < -0.4 is 5.32 Å². The molecule has 0 aliphatic rings. The molecule has 2 aromatic rings. The van der Waals surface area contributed by atoms with Gasteiger partial charge >= 0.3 is 5.97 Å². The molecule has 98 valence electrons. The summed E-state index contributed by atoms with van der Waals surface area (Å²) in [4.78, 5) is 21.8. The first kappa shape index (κ1) is 13.2. The average molecular weight is 280 g/mol. The molecular weight excluding hydrogens is 270 g/mol. The van der Waals surface area contributed by atoms with Gasteiger partial charge in [-0.15, -0.1) is 0 Å². The van der Waals surface area contributed by atoms with Crippen molar-refractivity contribution in [2.24, 2.45) is 0 Å². The number of nitrogens with one attached hydrogen (secondary N) is 1. The van der Waals surface area contributed by atoms with Crippen LogP contribution in [-0.4, -0.2) is 17.0 Å². The zero-order valence-corrected chi connectivity index (χ0v) is 10.7. The number of hydrogen-bond donors (Lipinski definition) is 2. The Hall–Kier alpha value is -2.27. The summed E-state index contributed by atoms with van der Waals surface area (Å²) in [7, 11) is 0. The molecule has 0 radical (unpaired) electrons. The second-order valence-corrected chi connectivity index (χ2v) is 4.25. The molecule has 0 saturated heterocycles. The number of hydrogen-bond acceptors (Lipinski definition) is 3. The lowest BCUT2D eigenvalue weighted by molar-refractivity contribution is -0.114. The Bertz CT molecular complexity index is 648. The summed E-state index contributed by atoms with van der Waals surface area (Å²) < 4.78 is 5.18. The maximum atomic E-state index is 11.0. The first-order chi connectivity index (χ1) is 8.97. The summed E-state index contributed by atoms with van der Waals surface area (Å²) in [5.74, 6) is -1.20. The van der Waals surface area contributed by atoms with Gasteiger partial charge < -0.3 is 14.8 Å². The van der Waals surface area contributed by atoms with Crippen molar-refractivity contribution in [1.82, 2.24) is 0 Å². The van der Waals surface area contributed by atoms with Crippen LogP contribution in [0.25, 0.3) is 11.3 Å². The van der Waals surface area contributed by atoms with E-state index >= 15 is 0 Å². The minimum absolute atomic E-state index is 0.170. The lowest BCUT2D eigenvalue weighted by Gasteiger charge is -2.06. The minimum Gasteiger partial charge on any atom is -0.475 e. The topological polar surface area (TPSA) is 79.5 Å². The number of rotatable bonds is 3. The highest BCUT2D eigenvalue weighted by Crippen LogP contribution is 2.31. The van der Waals surface area contributed by atoms with Gasteiger partial charge in [-0.2, -0.15) is 0 Å². The van der Waals surface area contributed by atoms with Crippen molar-refractivity contribution < 1.29 is 19.1 Å². The van der Waals surface area contributed by atoms with E-state index in [9.17, 15) is 9.59 Å². The van der Waals surface area contributed by atoms with Crippen LogP contribution in [0.1, 0.15) is 17.5 Å². The molecule has 0 aliphatic heterocycles. The molecule has 0 spiro atoms. The first-order valence-electron chi connectivity index (χ1n) is 5.38. The van der Waals surface area contributed by atoms with Gasteiger partial charge in [0.15, 0.2) is 0 Å². The molecule has 1 amide bonds. The molecule has 0 unspecified atom stereocenters. The number of carbonyl (C=O) groups is 2. The van der Waals surface area contributed by atoms with Crippen LogP contribution in [0.15, 0.2) is 34.7 Å². The van der Waals surface area contributed by atoms with Crippen LogP contribution in [0.5, 0.6) is 0 Å². The molecule has 0 fully saturated rings. The lowest BCUT2D eigenvalue weighted by atomic mass is 10.1. The molecule has 1 aromatic heterocycles. The van der Waals surface area contributed by atoms with E-state index in [-0.39, 0.29) is 11.7 Å². The summed E-state index contributed by atoms with van der Waals surface area (Å²) >= 11 is 6.04. The zero-order valence-electron chi connectivity index (χ0n) is 9.94. The molecule has 0 atom stereocenters. The summed E-state index contributed by atoms with van der Waals surface area (Å²) in [6, 6.07) is 7.73. The van der Waals surface area contributed by atoms with Gasteiger partial charge in [0.1, 0.15) is 5.76 Å². The highest BCUT2D eigenvalue weighted by atomic mass is 35.5. The van der Waals surface area contributed by atoms with Gasteiger partial charge in [-0.25, -0.2) is 4.79 Å². The third-order valence-corrected chi connectivity index (χ3v) is 2.70. The summed E-state index contributed by atoms with van der Waals surface area (Å²) in [6.45, 7) is 1.39. The largest absolute Gasteiger partial charge is 0.475 e. The summed E-state index contributed by atoms with van der Waals surface area (Å²) in [5, 5.41) is 11.8. The van der Waals surface area contributed by atoms with Crippen molar-refractivity contribution in [2.45, 2.75) is 6.92 Å². The Kier molecular flexibility index (Phi) is 3.57. The quantitative estimate of drug-likeness (QED) is 0.904. The predicted molar refractivity (Wildman–Crippen MR) is 70.4 cm³/mol. The highest BCUT2D eigenvalue weighted by Gasteiger charge is 2.13. The van der Waals surface area contributed by atoms with Crippen molar-refractivity contribution in [1.29, 1.82) is 0 Å². The average Bonchev–Trinajstić information content (AvgIpc) is 2.80. The van der Waals surface area contributed by atoms with Gasteiger partial charge in [0.25, 0.3) is 0 Å².